The number of benzene rings is 1. The largest absolute Gasteiger partial charge is 0.303 e. The Labute approximate surface area is 89.0 Å². The average molecular weight is 262 g/mol. The molecule has 0 radical (unpaired) electrons. The topological polar surface area (TPSA) is 34.1 Å². The molecule has 0 saturated heterocycles. The van der Waals surface area contributed by atoms with Crippen molar-refractivity contribution in [3.05, 3.63) is 33.3 Å². The SMILES string of the molecule is O=CCC(=O)c1ccc(Br)cc1Cl. The molecule has 0 heterocycles. The van der Waals surface area contributed by atoms with Crippen LogP contribution in [0, 0.1) is 0 Å². The van der Waals surface area contributed by atoms with Crippen LogP contribution in [-0.4, -0.2) is 12.1 Å². The van der Waals surface area contributed by atoms with Gasteiger partial charge >= 0.3 is 0 Å². The quantitative estimate of drug-likeness (QED) is 0.476. The van der Waals surface area contributed by atoms with Crippen molar-refractivity contribution in [1.82, 2.24) is 0 Å². The summed E-state index contributed by atoms with van der Waals surface area (Å²) in [5.74, 6) is -0.257. The highest BCUT2D eigenvalue weighted by atomic mass is 79.9. The Morgan fingerprint density at radius 3 is 2.77 bits per heavy atom. The van der Waals surface area contributed by atoms with Crippen molar-refractivity contribution in [3.63, 3.8) is 0 Å². The molecule has 0 spiro atoms. The first-order chi connectivity index (χ1) is 6.15. The minimum absolute atomic E-state index is 0.124. The van der Waals surface area contributed by atoms with Gasteiger partial charge in [0.1, 0.15) is 6.29 Å². The molecular weight excluding hydrogens is 255 g/mol. The van der Waals surface area contributed by atoms with Crippen LogP contribution in [0.25, 0.3) is 0 Å². The van der Waals surface area contributed by atoms with Crippen LogP contribution in [0.4, 0.5) is 0 Å². The summed E-state index contributed by atoms with van der Waals surface area (Å²) in [7, 11) is 0. The van der Waals surface area contributed by atoms with Crippen molar-refractivity contribution in [1.29, 1.82) is 0 Å². The van der Waals surface area contributed by atoms with E-state index in [1.54, 1.807) is 18.2 Å². The third-order valence-corrected chi connectivity index (χ3v) is 2.31. The van der Waals surface area contributed by atoms with Crippen molar-refractivity contribution in [3.8, 4) is 0 Å². The van der Waals surface area contributed by atoms with Gasteiger partial charge in [0.25, 0.3) is 0 Å². The molecule has 0 N–H and O–H groups in total. The molecule has 2 nitrogen and oxygen atoms in total. The van der Waals surface area contributed by atoms with Crippen molar-refractivity contribution >= 4 is 39.6 Å². The third-order valence-electron chi connectivity index (χ3n) is 1.50. The van der Waals surface area contributed by atoms with Crippen molar-refractivity contribution in [2.75, 3.05) is 0 Å². The summed E-state index contributed by atoms with van der Waals surface area (Å²) in [6.45, 7) is 0. The van der Waals surface area contributed by atoms with E-state index in [0.29, 0.717) is 16.9 Å². The zero-order valence-corrected chi connectivity index (χ0v) is 8.93. The first-order valence-electron chi connectivity index (χ1n) is 3.57. The Hall–Kier alpha value is -0.670. The van der Waals surface area contributed by atoms with Crippen LogP contribution in [0.3, 0.4) is 0 Å². The fourth-order valence-electron chi connectivity index (χ4n) is 0.901. The van der Waals surface area contributed by atoms with Crippen LogP contribution < -0.4 is 0 Å². The number of hydrogen-bond donors (Lipinski definition) is 0. The Morgan fingerprint density at radius 1 is 1.54 bits per heavy atom. The maximum atomic E-state index is 11.2. The zero-order valence-electron chi connectivity index (χ0n) is 6.59. The second-order valence-corrected chi connectivity index (χ2v) is 3.74. The first kappa shape index (κ1) is 10.4. The highest BCUT2D eigenvalue weighted by Crippen LogP contribution is 2.22. The third kappa shape index (κ3) is 2.64. The van der Waals surface area contributed by atoms with Crippen LogP contribution in [0.2, 0.25) is 5.02 Å². The Kier molecular flexibility index (Phi) is 3.63. The molecular formula is C9H6BrClO2. The van der Waals surface area contributed by atoms with E-state index in [9.17, 15) is 9.59 Å². The van der Waals surface area contributed by atoms with Crippen molar-refractivity contribution in [2.24, 2.45) is 0 Å². The van der Waals surface area contributed by atoms with Gasteiger partial charge in [-0.05, 0) is 18.2 Å². The van der Waals surface area contributed by atoms with Gasteiger partial charge in [-0.1, -0.05) is 27.5 Å². The molecule has 0 bridgehead atoms. The standard InChI is InChI=1S/C9H6BrClO2/c10-6-1-2-7(8(11)5-6)9(13)3-4-12/h1-2,4-5H,3H2. The Morgan fingerprint density at radius 2 is 2.23 bits per heavy atom. The van der Waals surface area contributed by atoms with Gasteiger partial charge in [-0.3, -0.25) is 4.79 Å². The predicted octanol–water partition coefficient (Wildman–Crippen LogP) is 2.87. The lowest BCUT2D eigenvalue weighted by Gasteiger charge is -2.00. The molecule has 68 valence electrons. The van der Waals surface area contributed by atoms with Gasteiger partial charge in [-0.2, -0.15) is 0 Å². The number of halogens is 2. The van der Waals surface area contributed by atoms with E-state index in [4.69, 9.17) is 11.6 Å². The minimum Gasteiger partial charge on any atom is -0.303 e. The number of carbonyl (C=O) groups excluding carboxylic acids is 2. The van der Waals surface area contributed by atoms with Crippen molar-refractivity contribution < 1.29 is 9.59 Å². The summed E-state index contributed by atoms with van der Waals surface area (Å²) in [5.41, 5.74) is 0.386. The van der Waals surface area contributed by atoms with Crippen LogP contribution in [0.15, 0.2) is 22.7 Å². The summed E-state index contributed by atoms with van der Waals surface area (Å²) >= 11 is 9.01. The van der Waals surface area contributed by atoms with E-state index in [-0.39, 0.29) is 12.2 Å². The van der Waals surface area contributed by atoms with E-state index < -0.39 is 0 Å². The summed E-state index contributed by atoms with van der Waals surface area (Å²) in [6.07, 6.45) is 0.446. The van der Waals surface area contributed by atoms with E-state index in [2.05, 4.69) is 15.9 Å². The molecule has 0 aliphatic carbocycles. The van der Waals surface area contributed by atoms with Gasteiger partial charge in [-0.25, -0.2) is 0 Å². The van der Waals surface area contributed by atoms with Gasteiger partial charge in [0.15, 0.2) is 5.78 Å². The fraction of sp³-hybridized carbons (Fsp3) is 0.111. The highest BCUT2D eigenvalue weighted by Gasteiger charge is 2.09. The molecule has 0 aliphatic heterocycles. The molecule has 4 heteroatoms. The normalized spacial score (nSPS) is 9.69. The van der Waals surface area contributed by atoms with Crippen LogP contribution in [0.5, 0.6) is 0 Å². The van der Waals surface area contributed by atoms with Crippen LogP contribution >= 0.6 is 27.5 Å². The summed E-state index contributed by atoms with van der Waals surface area (Å²) < 4.78 is 0.806. The number of rotatable bonds is 3. The summed E-state index contributed by atoms with van der Waals surface area (Å²) in [6, 6.07) is 4.93. The Balaban J connectivity index is 3.01. The van der Waals surface area contributed by atoms with E-state index in [1.807, 2.05) is 0 Å². The summed E-state index contributed by atoms with van der Waals surface area (Å²) in [4.78, 5) is 21.3. The molecule has 1 aromatic rings. The minimum atomic E-state index is -0.257. The van der Waals surface area contributed by atoms with Gasteiger partial charge in [-0.15, -0.1) is 0 Å². The number of hydrogen-bond acceptors (Lipinski definition) is 2. The molecule has 0 atom stereocenters. The molecule has 0 aliphatic rings. The van der Waals surface area contributed by atoms with Gasteiger partial charge in [0.2, 0.25) is 0 Å². The van der Waals surface area contributed by atoms with Crippen molar-refractivity contribution in [2.45, 2.75) is 6.42 Å². The lowest BCUT2D eigenvalue weighted by Crippen LogP contribution is -2.00. The highest BCUT2D eigenvalue weighted by molar-refractivity contribution is 9.10. The molecule has 0 saturated carbocycles. The fourth-order valence-corrected chi connectivity index (χ4v) is 1.68. The molecule has 1 rings (SSSR count). The van der Waals surface area contributed by atoms with E-state index in [1.165, 1.54) is 0 Å². The maximum Gasteiger partial charge on any atom is 0.171 e. The zero-order chi connectivity index (χ0) is 9.84. The molecule has 0 aromatic heterocycles. The molecule has 0 fully saturated rings. The van der Waals surface area contributed by atoms with E-state index in [0.717, 1.165) is 4.47 Å². The molecule has 0 amide bonds. The smallest absolute Gasteiger partial charge is 0.171 e. The Bertz CT molecular complexity index is 349. The average Bonchev–Trinajstić information content (AvgIpc) is 2.04. The van der Waals surface area contributed by atoms with Gasteiger partial charge in [0.05, 0.1) is 11.4 Å². The molecule has 0 unspecified atom stereocenters. The first-order valence-corrected chi connectivity index (χ1v) is 4.74. The van der Waals surface area contributed by atoms with E-state index >= 15 is 0 Å². The lowest BCUT2D eigenvalue weighted by molar-refractivity contribution is -0.107. The molecule has 13 heavy (non-hydrogen) atoms. The monoisotopic (exact) mass is 260 g/mol. The van der Waals surface area contributed by atoms with Crippen LogP contribution in [0.1, 0.15) is 16.8 Å². The maximum absolute atomic E-state index is 11.2. The van der Waals surface area contributed by atoms with Gasteiger partial charge in [0, 0.05) is 10.0 Å². The number of aldehydes is 1. The molecule has 1 aromatic carbocycles. The predicted molar refractivity (Wildman–Crippen MR) is 54.2 cm³/mol. The number of ketones is 1. The lowest BCUT2D eigenvalue weighted by atomic mass is 10.1. The second kappa shape index (κ2) is 4.53. The number of carbonyl (C=O) groups is 2. The second-order valence-electron chi connectivity index (χ2n) is 2.42. The van der Waals surface area contributed by atoms with Gasteiger partial charge < -0.3 is 4.79 Å². The van der Waals surface area contributed by atoms with Crippen LogP contribution in [-0.2, 0) is 4.79 Å². The summed E-state index contributed by atoms with van der Waals surface area (Å²) in [5, 5.41) is 0.362. The number of Topliss-reactive ketones (excluding diaryl/α,β-unsaturated/α-hetero) is 1.